The molecule has 2 rings (SSSR count). The zero-order valence-corrected chi connectivity index (χ0v) is 19.3. The van der Waals surface area contributed by atoms with Crippen molar-refractivity contribution in [3.05, 3.63) is 0 Å². The van der Waals surface area contributed by atoms with Crippen molar-refractivity contribution in [2.24, 2.45) is 11.3 Å². The van der Waals surface area contributed by atoms with Gasteiger partial charge in [-0.3, -0.25) is 9.59 Å². The van der Waals surface area contributed by atoms with Crippen molar-refractivity contribution in [1.82, 2.24) is 15.5 Å². The molecule has 2 fully saturated rings. The first-order valence-electron chi connectivity index (χ1n) is 11.7. The smallest absolute Gasteiger partial charge is 0.242 e. The van der Waals surface area contributed by atoms with E-state index in [0.29, 0.717) is 25.0 Å². The van der Waals surface area contributed by atoms with Crippen LogP contribution in [0.5, 0.6) is 0 Å². The second kappa shape index (κ2) is 11.3. The van der Waals surface area contributed by atoms with Gasteiger partial charge in [-0.2, -0.15) is 0 Å². The predicted molar refractivity (Wildman–Crippen MR) is 117 cm³/mol. The number of carbonyl (C=O) groups excluding carboxylic acids is 2. The van der Waals surface area contributed by atoms with Crippen molar-refractivity contribution in [1.29, 1.82) is 0 Å². The highest BCUT2D eigenvalue weighted by atomic mass is 16.5. The van der Waals surface area contributed by atoms with E-state index in [1.807, 2.05) is 6.92 Å². The molecule has 1 spiro atoms. The lowest BCUT2D eigenvalue weighted by molar-refractivity contribution is -0.139. The van der Waals surface area contributed by atoms with Crippen LogP contribution in [0.4, 0.5) is 0 Å². The summed E-state index contributed by atoms with van der Waals surface area (Å²) in [6.07, 6.45) is 6.43. The largest absolute Gasteiger partial charge is 0.379 e. The molecule has 6 nitrogen and oxygen atoms in total. The first-order valence-corrected chi connectivity index (χ1v) is 11.7. The molecule has 0 saturated carbocycles. The molecular weight excluding hydrogens is 366 g/mol. The molecule has 0 unspecified atom stereocenters. The van der Waals surface area contributed by atoms with Gasteiger partial charge in [-0.1, -0.05) is 26.7 Å². The quantitative estimate of drug-likeness (QED) is 0.751. The summed E-state index contributed by atoms with van der Waals surface area (Å²) in [6.45, 7) is 13.7. The van der Waals surface area contributed by atoms with Gasteiger partial charge in [-0.25, -0.2) is 0 Å². The highest BCUT2D eigenvalue weighted by molar-refractivity contribution is 5.90. The minimum Gasteiger partial charge on any atom is -0.379 e. The number of ether oxygens (including phenoxy) is 1. The molecule has 6 heteroatoms. The maximum atomic E-state index is 13.5. The number of hydrogen-bond acceptors (Lipinski definition) is 4. The van der Waals surface area contributed by atoms with Gasteiger partial charge in [0.15, 0.2) is 0 Å². The third-order valence-corrected chi connectivity index (χ3v) is 6.50. The van der Waals surface area contributed by atoms with Crippen molar-refractivity contribution < 1.29 is 14.3 Å². The standard InChI is InChI=1S/C23H43N3O3/c1-17(2)15-20-21(27)24-19(5)16-29-14-8-6-7-9-23(22(28)25-20)10-12-26(13-11-23)18(3)4/h17-20H,6-16H2,1-5H3,(H,24,27)(H,25,28)/t19-,20+/m1/s1. The molecule has 2 heterocycles. The van der Waals surface area contributed by atoms with Crippen LogP contribution in [0, 0.1) is 11.3 Å². The molecule has 2 aliphatic heterocycles. The fraction of sp³-hybridized carbons (Fsp3) is 0.913. The first kappa shape index (κ1) is 24.1. The Morgan fingerprint density at radius 2 is 1.72 bits per heavy atom. The van der Waals surface area contributed by atoms with Gasteiger partial charge in [0.1, 0.15) is 6.04 Å². The minimum atomic E-state index is -0.479. The van der Waals surface area contributed by atoms with Crippen LogP contribution in [-0.2, 0) is 14.3 Å². The van der Waals surface area contributed by atoms with Gasteiger partial charge >= 0.3 is 0 Å². The third-order valence-electron chi connectivity index (χ3n) is 6.50. The van der Waals surface area contributed by atoms with Gasteiger partial charge < -0.3 is 20.3 Å². The molecule has 2 saturated heterocycles. The fourth-order valence-corrected chi connectivity index (χ4v) is 4.56. The van der Waals surface area contributed by atoms with Crippen LogP contribution in [0.15, 0.2) is 0 Å². The molecule has 2 aliphatic rings. The van der Waals surface area contributed by atoms with Gasteiger partial charge in [-0.05, 0) is 71.9 Å². The van der Waals surface area contributed by atoms with E-state index < -0.39 is 6.04 Å². The predicted octanol–water partition coefficient (Wildman–Crippen LogP) is 3.10. The van der Waals surface area contributed by atoms with E-state index in [1.54, 1.807) is 0 Å². The van der Waals surface area contributed by atoms with E-state index in [1.165, 1.54) is 0 Å². The number of rotatable bonds is 3. The molecule has 29 heavy (non-hydrogen) atoms. The molecule has 2 amide bonds. The van der Waals surface area contributed by atoms with Crippen LogP contribution in [0.1, 0.15) is 79.6 Å². The summed E-state index contributed by atoms with van der Waals surface area (Å²) in [6, 6.07) is -0.0276. The molecule has 0 bridgehead atoms. The van der Waals surface area contributed by atoms with Gasteiger partial charge in [-0.15, -0.1) is 0 Å². The van der Waals surface area contributed by atoms with Crippen LogP contribution in [0.25, 0.3) is 0 Å². The molecule has 0 aromatic carbocycles. The van der Waals surface area contributed by atoms with Crippen molar-refractivity contribution in [2.45, 2.75) is 97.7 Å². The highest BCUT2D eigenvalue weighted by Gasteiger charge is 2.42. The lowest BCUT2D eigenvalue weighted by atomic mass is 9.73. The monoisotopic (exact) mass is 409 g/mol. The van der Waals surface area contributed by atoms with Crippen LogP contribution in [0.2, 0.25) is 0 Å². The SMILES string of the molecule is CC(C)C[C@@H]1NC(=O)C2(CCCCCOC[C@@H](C)NC1=O)CCN(C(C)C)CC2. The fourth-order valence-electron chi connectivity index (χ4n) is 4.56. The second-order valence-electron chi connectivity index (χ2n) is 9.86. The summed E-state index contributed by atoms with van der Waals surface area (Å²) in [4.78, 5) is 28.9. The topological polar surface area (TPSA) is 70.7 Å². The Morgan fingerprint density at radius 1 is 1.03 bits per heavy atom. The van der Waals surface area contributed by atoms with E-state index >= 15 is 0 Å². The summed E-state index contributed by atoms with van der Waals surface area (Å²) in [7, 11) is 0. The molecule has 0 radical (unpaired) electrons. The Morgan fingerprint density at radius 3 is 2.34 bits per heavy atom. The molecule has 2 N–H and O–H groups in total. The Hall–Kier alpha value is -1.14. The van der Waals surface area contributed by atoms with E-state index in [0.717, 1.165) is 58.2 Å². The molecule has 0 aromatic rings. The number of amides is 2. The zero-order chi connectivity index (χ0) is 21.4. The van der Waals surface area contributed by atoms with Gasteiger partial charge in [0, 0.05) is 18.7 Å². The molecule has 0 aliphatic carbocycles. The van der Waals surface area contributed by atoms with Gasteiger partial charge in [0.25, 0.3) is 0 Å². The summed E-state index contributed by atoms with van der Waals surface area (Å²) >= 11 is 0. The normalized spacial score (nSPS) is 28.2. The molecular formula is C23H43N3O3. The van der Waals surface area contributed by atoms with Crippen LogP contribution < -0.4 is 10.6 Å². The average Bonchev–Trinajstić information content (AvgIpc) is 2.65. The molecule has 0 aromatic heterocycles. The number of carbonyl (C=O) groups is 2. The lowest BCUT2D eigenvalue weighted by Crippen LogP contribution is -2.56. The number of likely N-dealkylation sites (tertiary alicyclic amines) is 1. The lowest BCUT2D eigenvalue weighted by Gasteiger charge is -2.43. The summed E-state index contributed by atoms with van der Waals surface area (Å²) in [5.41, 5.74) is -0.350. The Balaban J connectivity index is 2.18. The van der Waals surface area contributed by atoms with Gasteiger partial charge in [0.05, 0.1) is 12.0 Å². The van der Waals surface area contributed by atoms with E-state index in [9.17, 15) is 9.59 Å². The van der Waals surface area contributed by atoms with Crippen molar-refractivity contribution in [3.8, 4) is 0 Å². The maximum absolute atomic E-state index is 13.5. The summed E-state index contributed by atoms with van der Waals surface area (Å²) in [5.74, 6) is 0.327. The number of hydrogen-bond donors (Lipinski definition) is 2. The van der Waals surface area contributed by atoms with E-state index in [2.05, 4.69) is 43.2 Å². The molecule has 2 atom stereocenters. The molecule has 168 valence electrons. The van der Waals surface area contributed by atoms with Crippen molar-refractivity contribution in [2.75, 3.05) is 26.3 Å². The summed E-state index contributed by atoms with van der Waals surface area (Å²) < 4.78 is 5.75. The van der Waals surface area contributed by atoms with Crippen LogP contribution in [-0.4, -0.2) is 61.1 Å². The van der Waals surface area contributed by atoms with Gasteiger partial charge in [0.2, 0.25) is 11.8 Å². The van der Waals surface area contributed by atoms with Crippen LogP contribution in [0.3, 0.4) is 0 Å². The first-order chi connectivity index (χ1) is 13.7. The third kappa shape index (κ3) is 7.25. The number of nitrogens with one attached hydrogen (secondary N) is 2. The van der Waals surface area contributed by atoms with Crippen molar-refractivity contribution >= 4 is 11.8 Å². The Bertz CT molecular complexity index is 527. The zero-order valence-electron chi connectivity index (χ0n) is 19.3. The number of nitrogens with zero attached hydrogens (tertiary/aromatic N) is 1. The average molecular weight is 410 g/mol. The maximum Gasteiger partial charge on any atom is 0.242 e. The minimum absolute atomic E-state index is 0.0553. The summed E-state index contributed by atoms with van der Waals surface area (Å²) in [5, 5.41) is 6.20. The highest BCUT2D eigenvalue weighted by Crippen LogP contribution is 2.38. The second-order valence-corrected chi connectivity index (χ2v) is 9.86. The van der Waals surface area contributed by atoms with Crippen molar-refractivity contribution in [3.63, 3.8) is 0 Å². The Labute approximate surface area is 177 Å². The number of piperidine rings is 1. The Kier molecular flexibility index (Phi) is 9.41. The van der Waals surface area contributed by atoms with Crippen LogP contribution >= 0.6 is 0 Å². The van der Waals surface area contributed by atoms with E-state index in [-0.39, 0.29) is 23.3 Å². The van der Waals surface area contributed by atoms with E-state index in [4.69, 9.17) is 4.74 Å².